The fraction of sp³-hybridized carbons (Fsp3) is 0.571. The van der Waals surface area contributed by atoms with Gasteiger partial charge < -0.3 is 9.47 Å². The molecule has 0 aliphatic carbocycles. The van der Waals surface area contributed by atoms with E-state index in [0.717, 1.165) is 16.9 Å². The lowest BCUT2D eigenvalue weighted by atomic mass is 9.94. The first-order valence-corrected chi connectivity index (χ1v) is 8.42. The van der Waals surface area contributed by atoms with Crippen LogP contribution in [0.15, 0.2) is 12.1 Å². The van der Waals surface area contributed by atoms with E-state index in [4.69, 9.17) is 9.47 Å². The highest BCUT2D eigenvalue weighted by molar-refractivity contribution is 7.86. The third kappa shape index (κ3) is 2.39. The summed E-state index contributed by atoms with van der Waals surface area (Å²) >= 11 is 0. The molecule has 0 spiro atoms. The van der Waals surface area contributed by atoms with Crippen molar-refractivity contribution in [3.8, 4) is 11.5 Å². The molecule has 1 unspecified atom stereocenters. The smallest absolute Gasteiger partial charge is 0.282 e. The summed E-state index contributed by atoms with van der Waals surface area (Å²) in [6.45, 7) is 3.48. The standard InChI is InChI=1S/C14H20N2O4S/c1-10-12-9-14-13(19-6-7-20-14)8-11(12)4-5-16(10)21(17,18)15(2)3/h8-10H,4-7H2,1-3H3. The van der Waals surface area contributed by atoms with E-state index in [1.807, 2.05) is 19.1 Å². The Balaban J connectivity index is 2.00. The van der Waals surface area contributed by atoms with Gasteiger partial charge in [-0.3, -0.25) is 0 Å². The van der Waals surface area contributed by atoms with Gasteiger partial charge in [0.1, 0.15) is 13.2 Å². The summed E-state index contributed by atoms with van der Waals surface area (Å²) in [5.41, 5.74) is 2.13. The number of hydrogen-bond acceptors (Lipinski definition) is 4. The highest BCUT2D eigenvalue weighted by atomic mass is 32.2. The summed E-state index contributed by atoms with van der Waals surface area (Å²) in [4.78, 5) is 0. The van der Waals surface area contributed by atoms with Gasteiger partial charge in [0.05, 0.1) is 0 Å². The molecule has 116 valence electrons. The fourth-order valence-electron chi connectivity index (χ4n) is 2.86. The number of fused-ring (bicyclic) bond motifs is 2. The van der Waals surface area contributed by atoms with E-state index in [1.54, 1.807) is 14.1 Å². The molecule has 0 N–H and O–H groups in total. The van der Waals surface area contributed by atoms with Crippen molar-refractivity contribution in [2.24, 2.45) is 0 Å². The van der Waals surface area contributed by atoms with Crippen LogP contribution in [0.2, 0.25) is 0 Å². The Kier molecular flexibility index (Phi) is 3.59. The van der Waals surface area contributed by atoms with Crippen LogP contribution in [0.3, 0.4) is 0 Å². The number of ether oxygens (including phenoxy) is 2. The Morgan fingerprint density at radius 2 is 1.81 bits per heavy atom. The average Bonchev–Trinajstić information content (AvgIpc) is 2.45. The van der Waals surface area contributed by atoms with Crippen molar-refractivity contribution in [3.63, 3.8) is 0 Å². The number of nitrogens with zero attached hydrogens (tertiary/aromatic N) is 2. The van der Waals surface area contributed by atoms with E-state index in [0.29, 0.717) is 31.9 Å². The highest BCUT2D eigenvalue weighted by Crippen LogP contribution is 2.40. The minimum absolute atomic E-state index is 0.211. The molecule has 0 amide bonds. The minimum Gasteiger partial charge on any atom is -0.486 e. The molecule has 2 heterocycles. The molecular weight excluding hydrogens is 292 g/mol. The number of hydrogen-bond donors (Lipinski definition) is 0. The molecule has 3 rings (SSSR count). The summed E-state index contributed by atoms with van der Waals surface area (Å²) in [7, 11) is -0.305. The van der Waals surface area contributed by atoms with Crippen molar-refractivity contribution >= 4 is 10.2 Å². The van der Waals surface area contributed by atoms with Crippen LogP contribution in [-0.2, 0) is 16.6 Å². The second-order valence-electron chi connectivity index (χ2n) is 5.52. The number of benzene rings is 1. The van der Waals surface area contributed by atoms with Gasteiger partial charge in [-0.15, -0.1) is 0 Å². The lowest BCUT2D eigenvalue weighted by Gasteiger charge is -2.36. The van der Waals surface area contributed by atoms with Crippen LogP contribution < -0.4 is 9.47 Å². The Morgan fingerprint density at radius 3 is 2.43 bits per heavy atom. The summed E-state index contributed by atoms with van der Waals surface area (Å²) < 4.78 is 38.8. The maximum Gasteiger partial charge on any atom is 0.282 e. The van der Waals surface area contributed by atoms with Gasteiger partial charge in [0.15, 0.2) is 11.5 Å². The molecule has 6 nitrogen and oxygen atoms in total. The van der Waals surface area contributed by atoms with E-state index in [-0.39, 0.29) is 6.04 Å². The van der Waals surface area contributed by atoms with Crippen molar-refractivity contribution in [3.05, 3.63) is 23.3 Å². The zero-order valence-electron chi connectivity index (χ0n) is 12.5. The van der Waals surface area contributed by atoms with Gasteiger partial charge in [-0.25, -0.2) is 0 Å². The predicted molar refractivity (Wildman–Crippen MR) is 78.9 cm³/mol. The molecule has 2 aliphatic rings. The molecule has 0 aromatic heterocycles. The lowest BCUT2D eigenvalue weighted by Crippen LogP contribution is -2.44. The van der Waals surface area contributed by atoms with E-state index in [1.165, 1.54) is 8.61 Å². The summed E-state index contributed by atoms with van der Waals surface area (Å²) in [5, 5.41) is 0. The largest absolute Gasteiger partial charge is 0.486 e. The third-order valence-corrected chi connectivity index (χ3v) is 6.06. The van der Waals surface area contributed by atoms with Crippen LogP contribution in [-0.4, -0.2) is 50.9 Å². The second-order valence-corrected chi connectivity index (χ2v) is 7.62. The monoisotopic (exact) mass is 312 g/mol. The average molecular weight is 312 g/mol. The van der Waals surface area contributed by atoms with Gasteiger partial charge in [0.2, 0.25) is 0 Å². The van der Waals surface area contributed by atoms with Crippen LogP contribution in [0.5, 0.6) is 11.5 Å². The van der Waals surface area contributed by atoms with Gasteiger partial charge >= 0.3 is 0 Å². The fourth-order valence-corrected chi connectivity index (χ4v) is 4.11. The maximum atomic E-state index is 12.4. The third-order valence-electron chi connectivity index (χ3n) is 4.05. The molecule has 0 bridgehead atoms. The van der Waals surface area contributed by atoms with Gasteiger partial charge in [0, 0.05) is 26.7 Å². The summed E-state index contributed by atoms with van der Waals surface area (Å²) in [6, 6.07) is 3.70. The van der Waals surface area contributed by atoms with Gasteiger partial charge in [-0.05, 0) is 36.6 Å². The van der Waals surface area contributed by atoms with Crippen LogP contribution in [0.1, 0.15) is 24.1 Å². The first-order valence-electron chi connectivity index (χ1n) is 7.03. The molecule has 0 saturated carbocycles. The van der Waals surface area contributed by atoms with Crippen LogP contribution in [0, 0.1) is 0 Å². The molecule has 0 saturated heterocycles. The molecule has 1 aromatic rings. The van der Waals surface area contributed by atoms with Crippen LogP contribution in [0.25, 0.3) is 0 Å². The number of rotatable bonds is 2. The SMILES string of the molecule is CC1c2cc3c(cc2CCN1S(=O)(=O)N(C)C)OCCO3. The minimum atomic E-state index is -3.42. The van der Waals surface area contributed by atoms with Gasteiger partial charge in [-0.2, -0.15) is 17.0 Å². The first kappa shape index (κ1) is 14.6. The topological polar surface area (TPSA) is 59.1 Å². The van der Waals surface area contributed by atoms with Crippen molar-refractivity contribution in [2.45, 2.75) is 19.4 Å². The second kappa shape index (κ2) is 5.15. The van der Waals surface area contributed by atoms with Gasteiger partial charge in [0.25, 0.3) is 10.2 Å². The molecule has 2 aliphatic heterocycles. The predicted octanol–water partition coefficient (Wildman–Crippen LogP) is 1.18. The van der Waals surface area contributed by atoms with E-state index in [9.17, 15) is 8.42 Å². The lowest BCUT2D eigenvalue weighted by molar-refractivity contribution is 0.170. The van der Waals surface area contributed by atoms with E-state index >= 15 is 0 Å². The van der Waals surface area contributed by atoms with E-state index < -0.39 is 10.2 Å². The zero-order chi connectivity index (χ0) is 15.2. The molecule has 21 heavy (non-hydrogen) atoms. The molecule has 1 atom stereocenters. The van der Waals surface area contributed by atoms with Crippen LogP contribution in [0.4, 0.5) is 0 Å². The van der Waals surface area contributed by atoms with Crippen molar-refractivity contribution < 1.29 is 17.9 Å². The quantitative estimate of drug-likeness (QED) is 0.823. The Bertz CT molecular complexity index is 657. The highest BCUT2D eigenvalue weighted by Gasteiger charge is 2.35. The summed E-state index contributed by atoms with van der Waals surface area (Å²) in [6.07, 6.45) is 0.684. The molecule has 7 heteroatoms. The normalized spacial score (nSPS) is 22.2. The van der Waals surface area contributed by atoms with Gasteiger partial charge in [-0.1, -0.05) is 0 Å². The van der Waals surface area contributed by atoms with Crippen molar-refractivity contribution in [1.82, 2.24) is 8.61 Å². The molecular formula is C14H20N2O4S. The van der Waals surface area contributed by atoms with E-state index in [2.05, 4.69) is 0 Å². The van der Waals surface area contributed by atoms with Crippen molar-refractivity contribution in [1.29, 1.82) is 0 Å². The summed E-state index contributed by atoms with van der Waals surface area (Å²) in [5.74, 6) is 1.46. The van der Waals surface area contributed by atoms with Crippen molar-refractivity contribution in [2.75, 3.05) is 33.9 Å². The Hall–Kier alpha value is -1.31. The van der Waals surface area contributed by atoms with Crippen LogP contribution >= 0.6 is 0 Å². The molecule has 0 radical (unpaired) electrons. The Labute approximate surface area is 125 Å². The Morgan fingerprint density at radius 1 is 1.19 bits per heavy atom. The molecule has 0 fully saturated rings. The first-order chi connectivity index (χ1) is 9.91. The maximum absolute atomic E-state index is 12.4. The molecule has 1 aromatic carbocycles. The zero-order valence-corrected chi connectivity index (χ0v) is 13.3.